The van der Waals surface area contributed by atoms with E-state index < -0.39 is 11.5 Å². The van der Waals surface area contributed by atoms with Crippen LogP contribution in [0.1, 0.15) is 66.9 Å². The lowest BCUT2D eigenvalue weighted by molar-refractivity contribution is 0.0364. The highest BCUT2D eigenvalue weighted by Gasteiger charge is 2.26. The molecule has 0 saturated carbocycles. The Balaban J connectivity index is 1.88. The summed E-state index contributed by atoms with van der Waals surface area (Å²) in [6.07, 6.45) is 11.0. The number of rotatable bonds is 9. The van der Waals surface area contributed by atoms with Crippen molar-refractivity contribution >= 4 is 22.5 Å². The van der Waals surface area contributed by atoms with Crippen LogP contribution in [0.25, 0.3) is 16.6 Å². The summed E-state index contributed by atoms with van der Waals surface area (Å²) in [4.78, 5) is 32.4. The quantitative estimate of drug-likeness (QED) is 0.564. The van der Waals surface area contributed by atoms with E-state index in [0.29, 0.717) is 37.3 Å². The average Bonchev–Trinajstić information content (AvgIpc) is 3.34. The summed E-state index contributed by atoms with van der Waals surface area (Å²) < 4.78 is 6.93. The standard InChI is InChI=1S/C25H34N4O4/c1-2-3-4-9-18-19(17-7-5-6-8-17)16-27-24-20(18)22(30)21(23(26)31)25(32)29(24)11-10-28-12-14-33-15-13-28/h7,16,30H,2-6,8-15H2,1H3,(H2,26,31). The summed E-state index contributed by atoms with van der Waals surface area (Å²) in [7, 11) is 0. The number of aryl methyl sites for hydroxylation is 1. The van der Waals surface area contributed by atoms with Crippen LogP contribution in [-0.2, 0) is 17.7 Å². The van der Waals surface area contributed by atoms with Gasteiger partial charge in [-0.15, -0.1) is 0 Å². The average molecular weight is 455 g/mol. The number of ether oxygens (including phenoxy) is 1. The summed E-state index contributed by atoms with van der Waals surface area (Å²) >= 11 is 0. The normalized spacial score (nSPS) is 16.9. The third-order valence-corrected chi connectivity index (χ3v) is 6.76. The fourth-order valence-electron chi connectivity index (χ4n) is 4.95. The molecular formula is C25H34N4O4. The Labute approximate surface area is 194 Å². The summed E-state index contributed by atoms with van der Waals surface area (Å²) in [6, 6.07) is 0. The zero-order chi connectivity index (χ0) is 23.4. The van der Waals surface area contributed by atoms with E-state index in [1.807, 2.05) is 6.20 Å². The van der Waals surface area contributed by atoms with Crippen molar-refractivity contribution in [3.8, 4) is 5.75 Å². The molecule has 1 aliphatic carbocycles. The number of amides is 1. The molecule has 1 amide bonds. The van der Waals surface area contributed by atoms with Crippen molar-refractivity contribution in [2.45, 2.75) is 58.4 Å². The van der Waals surface area contributed by atoms with Gasteiger partial charge in [0, 0.05) is 32.4 Å². The molecule has 8 heteroatoms. The van der Waals surface area contributed by atoms with Crippen molar-refractivity contribution in [3.05, 3.63) is 39.3 Å². The predicted molar refractivity (Wildman–Crippen MR) is 129 cm³/mol. The van der Waals surface area contributed by atoms with Gasteiger partial charge in [0.05, 0.1) is 18.6 Å². The Hall–Kier alpha value is -2.71. The summed E-state index contributed by atoms with van der Waals surface area (Å²) in [5, 5.41) is 11.6. The molecule has 0 unspecified atom stereocenters. The molecule has 1 fully saturated rings. The molecule has 0 atom stereocenters. The number of pyridine rings is 2. The molecule has 3 heterocycles. The van der Waals surface area contributed by atoms with Gasteiger partial charge >= 0.3 is 0 Å². The molecule has 0 radical (unpaired) electrons. The van der Waals surface area contributed by atoms with E-state index in [1.165, 1.54) is 10.1 Å². The Bertz CT molecular complexity index is 1120. The molecule has 2 aromatic rings. The molecule has 2 aliphatic rings. The van der Waals surface area contributed by atoms with E-state index in [4.69, 9.17) is 10.5 Å². The smallest absolute Gasteiger partial charge is 0.268 e. The van der Waals surface area contributed by atoms with Gasteiger partial charge in [-0.2, -0.15) is 0 Å². The topological polar surface area (TPSA) is 111 Å². The minimum Gasteiger partial charge on any atom is -0.506 e. The Morgan fingerprint density at radius 3 is 2.70 bits per heavy atom. The van der Waals surface area contributed by atoms with Gasteiger partial charge in [-0.05, 0) is 48.8 Å². The van der Waals surface area contributed by atoms with Gasteiger partial charge < -0.3 is 15.6 Å². The van der Waals surface area contributed by atoms with Gasteiger partial charge in [0.2, 0.25) is 0 Å². The van der Waals surface area contributed by atoms with E-state index in [-0.39, 0.29) is 11.3 Å². The maximum absolute atomic E-state index is 13.2. The first-order valence-corrected chi connectivity index (χ1v) is 12.1. The zero-order valence-electron chi connectivity index (χ0n) is 19.4. The van der Waals surface area contributed by atoms with Gasteiger partial charge in [0.15, 0.2) is 0 Å². The van der Waals surface area contributed by atoms with E-state index in [9.17, 15) is 14.7 Å². The largest absolute Gasteiger partial charge is 0.506 e. The minimum atomic E-state index is -0.912. The third-order valence-electron chi connectivity index (χ3n) is 6.76. The maximum Gasteiger partial charge on any atom is 0.268 e. The van der Waals surface area contributed by atoms with Crippen molar-refractivity contribution in [2.24, 2.45) is 5.73 Å². The molecule has 178 valence electrons. The molecular weight excluding hydrogens is 420 g/mol. The monoisotopic (exact) mass is 454 g/mol. The minimum absolute atomic E-state index is 0.329. The van der Waals surface area contributed by atoms with Crippen LogP contribution in [-0.4, -0.2) is 58.3 Å². The van der Waals surface area contributed by atoms with Gasteiger partial charge in [0.25, 0.3) is 11.5 Å². The fourth-order valence-corrected chi connectivity index (χ4v) is 4.95. The number of nitrogens with zero attached hydrogens (tertiary/aromatic N) is 3. The molecule has 0 spiro atoms. The van der Waals surface area contributed by atoms with Crippen molar-refractivity contribution in [1.29, 1.82) is 0 Å². The second-order valence-corrected chi connectivity index (χ2v) is 8.93. The lowest BCUT2D eigenvalue weighted by Crippen LogP contribution is -2.40. The van der Waals surface area contributed by atoms with Crippen molar-refractivity contribution < 1.29 is 14.6 Å². The number of carbonyl (C=O) groups excluding carboxylic acids is 1. The van der Waals surface area contributed by atoms with Crippen LogP contribution in [0.15, 0.2) is 17.1 Å². The molecule has 3 N–H and O–H groups in total. The van der Waals surface area contributed by atoms with Crippen LogP contribution in [0, 0.1) is 0 Å². The Morgan fingerprint density at radius 2 is 2.03 bits per heavy atom. The molecule has 0 bridgehead atoms. The molecule has 1 aliphatic heterocycles. The maximum atomic E-state index is 13.2. The first-order valence-electron chi connectivity index (χ1n) is 12.1. The van der Waals surface area contributed by atoms with Crippen LogP contribution in [0.5, 0.6) is 5.75 Å². The van der Waals surface area contributed by atoms with Crippen molar-refractivity contribution in [1.82, 2.24) is 14.5 Å². The molecule has 4 rings (SSSR count). The van der Waals surface area contributed by atoms with E-state index in [1.54, 1.807) is 0 Å². The summed E-state index contributed by atoms with van der Waals surface area (Å²) in [5.74, 6) is -1.24. The van der Waals surface area contributed by atoms with Crippen LogP contribution in [0.4, 0.5) is 0 Å². The second kappa shape index (κ2) is 10.5. The van der Waals surface area contributed by atoms with E-state index in [0.717, 1.165) is 69.2 Å². The SMILES string of the molecule is CCCCCc1c(C2=CCCC2)cnc2c1c(O)c(C(N)=O)c(=O)n2CCN1CCOCC1. The number of primary amides is 1. The van der Waals surface area contributed by atoms with Gasteiger partial charge in [-0.1, -0.05) is 25.8 Å². The summed E-state index contributed by atoms with van der Waals surface area (Å²) in [6.45, 7) is 6.05. The summed E-state index contributed by atoms with van der Waals surface area (Å²) in [5.41, 5.74) is 8.26. The second-order valence-electron chi connectivity index (χ2n) is 8.93. The number of aromatic nitrogens is 2. The van der Waals surface area contributed by atoms with Gasteiger partial charge in [-0.25, -0.2) is 4.98 Å². The highest BCUT2D eigenvalue weighted by atomic mass is 16.5. The molecule has 33 heavy (non-hydrogen) atoms. The first kappa shape index (κ1) is 23.4. The van der Waals surface area contributed by atoms with Crippen LogP contribution in [0.2, 0.25) is 0 Å². The first-order chi connectivity index (χ1) is 16.0. The van der Waals surface area contributed by atoms with Crippen LogP contribution < -0.4 is 11.3 Å². The number of fused-ring (bicyclic) bond motifs is 1. The van der Waals surface area contributed by atoms with E-state index in [2.05, 4.69) is 22.9 Å². The number of allylic oxidation sites excluding steroid dienone is 2. The van der Waals surface area contributed by atoms with Crippen LogP contribution in [0.3, 0.4) is 0 Å². The number of hydrogen-bond acceptors (Lipinski definition) is 6. The van der Waals surface area contributed by atoms with Gasteiger partial charge in [-0.3, -0.25) is 19.1 Å². The van der Waals surface area contributed by atoms with E-state index >= 15 is 0 Å². The number of unbranched alkanes of at least 4 members (excludes halogenated alkanes) is 2. The highest BCUT2D eigenvalue weighted by Crippen LogP contribution is 2.37. The number of morpholine rings is 1. The zero-order valence-corrected chi connectivity index (χ0v) is 19.4. The molecule has 2 aromatic heterocycles. The molecule has 8 nitrogen and oxygen atoms in total. The van der Waals surface area contributed by atoms with Crippen molar-refractivity contribution in [3.63, 3.8) is 0 Å². The Morgan fingerprint density at radius 1 is 1.24 bits per heavy atom. The highest BCUT2D eigenvalue weighted by molar-refractivity contribution is 6.02. The third kappa shape index (κ3) is 4.82. The van der Waals surface area contributed by atoms with Crippen molar-refractivity contribution in [2.75, 3.05) is 32.8 Å². The lowest BCUT2D eigenvalue weighted by Gasteiger charge is -2.27. The number of nitrogens with two attached hydrogens (primary N) is 1. The number of aromatic hydroxyl groups is 1. The van der Waals surface area contributed by atoms with Gasteiger partial charge in [0.1, 0.15) is 17.0 Å². The predicted octanol–water partition coefficient (Wildman–Crippen LogP) is 2.83. The molecule has 0 aromatic carbocycles. The number of carbonyl (C=O) groups is 1. The number of hydrogen-bond donors (Lipinski definition) is 2. The Kier molecular flexibility index (Phi) is 7.45. The molecule has 1 saturated heterocycles. The van der Waals surface area contributed by atoms with Crippen LogP contribution >= 0.6 is 0 Å². The fraction of sp³-hybridized carbons (Fsp3) is 0.560. The lowest BCUT2D eigenvalue weighted by atomic mass is 9.93.